The largest absolute Gasteiger partial charge is 0.418 e. The fourth-order valence-corrected chi connectivity index (χ4v) is 5.20. The fraction of sp³-hybridized carbons (Fsp3) is 0.750. The molecule has 4 N–H and O–H groups in total. The van der Waals surface area contributed by atoms with Gasteiger partial charge in [0, 0.05) is 19.5 Å². The van der Waals surface area contributed by atoms with Gasteiger partial charge in [0.2, 0.25) is 5.91 Å². The first-order chi connectivity index (χ1) is 12.4. The number of nitrogens with zero attached hydrogens (tertiary/aromatic N) is 3. The Morgan fingerprint density at radius 3 is 2.59 bits per heavy atom. The molecule has 2 heterocycles. The second-order valence-electron chi connectivity index (χ2n) is 6.62. The van der Waals surface area contributed by atoms with Gasteiger partial charge in [-0.05, 0) is 19.3 Å². The zero-order valence-electron chi connectivity index (χ0n) is 14.2. The molecule has 0 aromatic heterocycles. The number of sulfonamides is 1. The number of hydrogen-bond donors (Lipinski definition) is 3. The van der Waals surface area contributed by atoms with Crippen molar-refractivity contribution in [1.29, 1.82) is 0 Å². The van der Waals surface area contributed by atoms with E-state index in [1.54, 1.807) is 0 Å². The van der Waals surface area contributed by atoms with E-state index in [0.717, 1.165) is 4.90 Å². The molecule has 2 saturated heterocycles. The van der Waals surface area contributed by atoms with E-state index in [9.17, 15) is 26.4 Å². The number of nitrogens with two attached hydrogens (primary N) is 1. The molecule has 3 amide bonds. The van der Waals surface area contributed by atoms with Crippen molar-refractivity contribution in [2.45, 2.75) is 49.6 Å². The smallest absolute Gasteiger partial charge is 0.385 e. The van der Waals surface area contributed by atoms with Crippen molar-refractivity contribution < 1.29 is 35.3 Å². The number of urea groups is 1. The number of rotatable bonds is 6. The summed E-state index contributed by atoms with van der Waals surface area (Å²) in [6.07, 6.45) is 0.743. The van der Waals surface area contributed by atoms with Crippen LogP contribution in [0, 0.1) is 0 Å². The van der Waals surface area contributed by atoms with E-state index < -0.39 is 49.8 Å². The third-order valence-corrected chi connectivity index (χ3v) is 6.68. The molecule has 2 unspecified atom stereocenters. The van der Waals surface area contributed by atoms with Gasteiger partial charge in [-0.1, -0.05) is 0 Å². The third kappa shape index (κ3) is 4.15. The monoisotopic (exact) mass is 425 g/mol. The molecule has 3 fully saturated rings. The fourth-order valence-electron chi connectivity index (χ4n) is 3.33. The van der Waals surface area contributed by atoms with E-state index in [-0.39, 0.29) is 37.6 Å². The maximum atomic E-state index is 12.3. The highest BCUT2D eigenvalue weighted by Gasteiger charge is 2.51. The van der Waals surface area contributed by atoms with Crippen LogP contribution in [0.25, 0.3) is 0 Å². The quantitative estimate of drug-likeness (QED) is 0.244. The Hall–Kier alpha value is -1.97. The minimum atomic E-state index is -4.88. The summed E-state index contributed by atoms with van der Waals surface area (Å²) in [7, 11) is -8.86. The molecule has 3 aliphatic rings. The van der Waals surface area contributed by atoms with Gasteiger partial charge in [0.25, 0.3) is 10.0 Å². The van der Waals surface area contributed by atoms with Crippen LogP contribution in [0.1, 0.15) is 26.2 Å². The van der Waals surface area contributed by atoms with Crippen molar-refractivity contribution in [3.05, 3.63) is 0 Å². The van der Waals surface area contributed by atoms with Crippen molar-refractivity contribution in [3.8, 4) is 0 Å². The standard InChI is InChI=1S/C12H19N5O8S2/c1-6(18)14-8-4-10(8)26(20,21)15-11(13)9-3-2-7-5-16(9)12(19)17(7)25-27(22,23)24/h7-10H,2-5H2,1H3,(H2,13,15)(H,14,18)(H,22,23,24)/t7-,8?,9+,10?/m1/s1. The van der Waals surface area contributed by atoms with Crippen LogP contribution in [0.4, 0.5) is 4.79 Å². The molecule has 0 aromatic rings. The molecular weight excluding hydrogens is 406 g/mol. The van der Waals surface area contributed by atoms with Crippen molar-refractivity contribution >= 4 is 38.2 Å². The molecule has 0 radical (unpaired) electrons. The van der Waals surface area contributed by atoms with Crippen LogP contribution in [0.5, 0.6) is 0 Å². The van der Waals surface area contributed by atoms with Gasteiger partial charge in [0.1, 0.15) is 11.1 Å². The second-order valence-corrected chi connectivity index (χ2v) is 9.44. The first-order valence-corrected chi connectivity index (χ1v) is 10.9. The summed E-state index contributed by atoms with van der Waals surface area (Å²) in [5.74, 6) is -0.654. The van der Waals surface area contributed by atoms with Crippen LogP contribution in [0.3, 0.4) is 0 Å². The number of nitrogens with one attached hydrogen (secondary N) is 1. The topological polar surface area (TPSA) is 189 Å². The Balaban J connectivity index is 1.73. The lowest BCUT2D eigenvalue weighted by Crippen LogP contribution is -2.48. The molecule has 3 rings (SSSR count). The van der Waals surface area contributed by atoms with Crippen LogP contribution in [0.2, 0.25) is 0 Å². The molecule has 4 atom stereocenters. The number of piperidine rings is 1. The lowest BCUT2D eigenvalue weighted by molar-refractivity contribution is -0.119. The van der Waals surface area contributed by atoms with Crippen molar-refractivity contribution in [2.24, 2.45) is 10.1 Å². The number of fused-ring (bicyclic) bond motifs is 2. The van der Waals surface area contributed by atoms with Gasteiger partial charge in [-0.3, -0.25) is 9.35 Å². The van der Waals surface area contributed by atoms with Crippen LogP contribution < -0.4 is 11.1 Å². The number of hydrogen-bond acceptors (Lipinski definition) is 7. The van der Waals surface area contributed by atoms with Gasteiger partial charge in [-0.15, -0.1) is 8.68 Å². The highest BCUT2D eigenvalue weighted by Crippen LogP contribution is 2.33. The molecule has 152 valence electrons. The Morgan fingerprint density at radius 2 is 2.00 bits per heavy atom. The summed E-state index contributed by atoms with van der Waals surface area (Å²) in [5.41, 5.74) is 5.83. The van der Waals surface area contributed by atoms with E-state index in [1.807, 2.05) is 0 Å². The van der Waals surface area contributed by atoms with Crippen molar-refractivity contribution in [1.82, 2.24) is 15.3 Å². The van der Waals surface area contributed by atoms with E-state index >= 15 is 0 Å². The molecule has 2 aliphatic heterocycles. The van der Waals surface area contributed by atoms with E-state index in [4.69, 9.17) is 10.3 Å². The normalized spacial score (nSPS) is 31.2. The van der Waals surface area contributed by atoms with Gasteiger partial charge >= 0.3 is 16.4 Å². The molecule has 1 saturated carbocycles. The summed E-state index contributed by atoms with van der Waals surface area (Å²) >= 11 is 0. The molecular formula is C12H19N5O8S2. The summed E-state index contributed by atoms with van der Waals surface area (Å²) < 4.78 is 63.0. The summed E-state index contributed by atoms with van der Waals surface area (Å²) in [6, 6.07) is -2.85. The maximum absolute atomic E-state index is 12.3. The maximum Gasteiger partial charge on any atom is 0.418 e. The third-order valence-electron chi connectivity index (χ3n) is 4.57. The van der Waals surface area contributed by atoms with Crippen LogP contribution >= 0.6 is 0 Å². The number of amides is 3. The summed E-state index contributed by atoms with van der Waals surface area (Å²) in [4.78, 5) is 24.5. The zero-order chi connectivity index (χ0) is 20.1. The zero-order valence-corrected chi connectivity index (χ0v) is 15.8. The molecule has 13 nitrogen and oxygen atoms in total. The number of hydroxylamine groups is 2. The van der Waals surface area contributed by atoms with Gasteiger partial charge in [-0.2, -0.15) is 13.5 Å². The molecule has 27 heavy (non-hydrogen) atoms. The number of amidine groups is 1. The highest BCUT2D eigenvalue weighted by molar-refractivity contribution is 7.91. The van der Waals surface area contributed by atoms with Crippen LogP contribution in [-0.2, 0) is 29.5 Å². The average molecular weight is 425 g/mol. The van der Waals surface area contributed by atoms with E-state index in [2.05, 4.69) is 14.0 Å². The Labute approximate surface area is 155 Å². The highest BCUT2D eigenvalue weighted by atomic mass is 32.3. The Morgan fingerprint density at radius 1 is 1.33 bits per heavy atom. The van der Waals surface area contributed by atoms with Gasteiger partial charge < -0.3 is 16.0 Å². The first kappa shape index (κ1) is 19.8. The van der Waals surface area contributed by atoms with Gasteiger partial charge in [0.05, 0.1) is 12.1 Å². The van der Waals surface area contributed by atoms with Crippen molar-refractivity contribution in [2.75, 3.05) is 6.54 Å². The predicted molar refractivity (Wildman–Crippen MR) is 89.9 cm³/mol. The molecule has 1 aliphatic carbocycles. The van der Waals surface area contributed by atoms with E-state index in [0.29, 0.717) is 5.06 Å². The van der Waals surface area contributed by atoms with Crippen LogP contribution in [0.15, 0.2) is 4.40 Å². The molecule has 15 heteroatoms. The Kier molecular flexibility index (Phi) is 4.82. The second kappa shape index (κ2) is 6.57. The average Bonchev–Trinajstić information content (AvgIpc) is 3.25. The summed E-state index contributed by atoms with van der Waals surface area (Å²) in [6.45, 7) is 1.32. The molecule has 0 aromatic carbocycles. The van der Waals surface area contributed by atoms with Crippen LogP contribution in [-0.4, -0.2) is 79.0 Å². The lowest BCUT2D eigenvalue weighted by atomic mass is 10.0. The Bertz CT molecular complexity index is 901. The van der Waals surface area contributed by atoms with Gasteiger partial charge in [-0.25, -0.2) is 13.2 Å². The van der Waals surface area contributed by atoms with Crippen molar-refractivity contribution in [3.63, 3.8) is 0 Å². The predicted octanol–water partition coefficient (Wildman–Crippen LogP) is -2.05. The lowest BCUT2D eigenvalue weighted by Gasteiger charge is -2.29. The summed E-state index contributed by atoms with van der Waals surface area (Å²) in [5, 5.41) is 2.15. The van der Waals surface area contributed by atoms with E-state index in [1.165, 1.54) is 6.92 Å². The number of carbonyl (C=O) groups is 2. The molecule has 2 bridgehead atoms. The SMILES string of the molecule is CC(=O)NC1CC1S(=O)(=O)N=C(N)[C@@H]1CC[C@@H]2CN1C(=O)N2OS(=O)(=O)O. The number of carbonyl (C=O) groups excluding carboxylic acids is 2. The minimum Gasteiger partial charge on any atom is -0.385 e. The first-order valence-electron chi connectivity index (χ1n) is 8.02. The molecule has 0 spiro atoms. The van der Waals surface area contributed by atoms with Gasteiger partial charge in [0.15, 0.2) is 0 Å². The minimum absolute atomic E-state index is 0.0488.